The monoisotopic (exact) mass is 201 g/mol. The van der Waals surface area contributed by atoms with Crippen molar-refractivity contribution < 1.29 is 14.3 Å². The van der Waals surface area contributed by atoms with Crippen molar-refractivity contribution in [2.45, 2.75) is 32.8 Å². The van der Waals surface area contributed by atoms with E-state index in [9.17, 15) is 4.79 Å². The molecule has 1 amide bonds. The molecule has 0 aliphatic carbocycles. The molecule has 4 heteroatoms. The van der Waals surface area contributed by atoms with Crippen LogP contribution < -0.4 is 5.32 Å². The molecule has 1 atom stereocenters. The summed E-state index contributed by atoms with van der Waals surface area (Å²) in [6.07, 6.45) is 1.91. The molecule has 82 valence electrons. The Morgan fingerprint density at radius 2 is 2.00 bits per heavy atom. The molecular weight excluding hydrogens is 180 g/mol. The molecule has 1 unspecified atom stereocenters. The van der Waals surface area contributed by atoms with Gasteiger partial charge in [-0.2, -0.15) is 4.84 Å². The van der Waals surface area contributed by atoms with Gasteiger partial charge in [0.05, 0.1) is 0 Å². The number of nitrogens with one attached hydrogen (secondary N) is 1. The first-order valence-corrected chi connectivity index (χ1v) is 5.22. The van der Waals surface area contributed by atoms with Crippen LogP contribution in [0.4, 0.5) is 0 Å². The molecule has 0 aromatic carbocycles. The fourth-order valence-corrected chi connectivity index (χ4v) is 1.74. The summed E-state index contributed by atoms with van der Waals surface area (Å²) in [5.74, 6) is 0. The van der Waals surface area contributed by atoms with Crippen molar-refractivity contribution in [1.82, 2.24) is 5.32 Å². The Kier molecular flexibility index (Phi) is 3.64. The number of nitrogens with zero attached hydrogens (tertiary/aromatic N) is 1. The summed E-state index contributed by atoms with van der Waals surface area (Å²) in [6, 6.07) is 0. The second kappa shape index (κ2) is 4.38. The molecule has 1 N–H and O–H groups in total. The number of carbonyl (C=O) groups excluding carboxylic acids is 1. The Bertz CT molecular complexity index is 191. The minimum absolute atomic E-state index is 0.135. The number of amides is 1. The number of hydrogen-bond acceptors (Lipinski definition) is 3. The average molecular weight is 201 g/mol. The van der Waals surface area contributed by atoms with Crippen LogP contribution in [0, 0.1) is 0 Å². The second-order valence-electron chi connectivity index (χ2n) is 4.81. The molecular formula is C10H21N2O2+. The smallest absolute Gasteiger partial charge is 0.311 e. The van der Waals surface area contributed by atoms with E-state index >= 15 is 0 Å². The lowest BCUT2D eigenvalue weighted by atomic mass is 10.2. The quantitative estimate of drug-likeness (QED) is 0.527. The van der Waals surface area contributed by atoms with Crippen molar-refractivity contribution in [3.8, 4) is 0 Å². The summed E-state index contributed by atoms with van der Waals surface area (Å²) < 4.78 is 0.135. The van der Waals surface area contributed by atoms with Crippen LogP contribution in [0.5, 0.6) is 0 Å². The van der Waals surface area contributed by atoms with Crippen LogP contribution in [0.15, 0.2) is 0 Å². The first-order valence-electron chi connectivity index (χ1n) is 5.22. The average Bonchev–Trinajstić information content (AvgIpc) is 2.28. The van der Waals surface area contributed by atoms with E-state index in [0.717, 1.165) is 39.0 Å². The number of carbonyl (C=O) groups is 1. The molecule has 1 heterocycles. The molecule has 1 fully saturated rings. The van der Waals surface area contributed by atoms with Gasteiger partial charge in [0.15, 0.2) is 0 Å². The van der Waals surface area contributed by atoms with Gasteiger partial charge >= 0.3 is 6.41 Å². The zero-order chi connectivity index (χ0) is 10.7. The van der Waals surface area contributed by atoms with E-state index in [0.29, 0.717) is 0 Å². The van der Waals surface area contributed by atoms with E-state index in [2.05, 4.69) is 5.32 Å². The minimum Gasteiger partial charge on any atom is -0.311 e. The predicted octanol–water partition coefficient (Wildman–Crippen LogP) is 0.683. The highest BCUT2D eigenvalue weighted by molar-refractivity contribution is 5.36. The Balaban J connectivity index is 2.67. The van der Waals surface area contributed by atoms with Crippen molar-refractivity contribution in [3.63, 3.8) is 0 Å². The van der Waals surface area contributed by atoms with Crippen molar-refractivity contribution in [3.05, 3.63) is 0 Å². The maximum atomic E-state index is 11.1. The van der Waals surface area contributed by atoms with E-state index in [1.807, 2.05) is 20.8 Å². The summed E-state index contributed by atoms with van der Waals surface area (Å²) in [5.41, 5.74) is -0.273. The Hall–Kier alpha value is -0.450. The summed E-state index contributed by atoms with van der Waals surface area (Å²) in [7, 11) is 0. The van der Waals surface area contributed by atoms with Gasteiger partial charge in [-0.3, -0.25) is 0 Å². The lowest BCUT2D eigenvalue weighted by Crippen LogP contribution is -2.53. The fraction of sp³-hybridized carbons (Fsp3) is 0.900. The molecule has 1 aliphatic heterocycles. The van der Waals surface area contributed by atoms with Crippen molar-refractivity contribution in [1.29, 1.82) is 0 Å². The normalized spacial score (nSPS) is 29.6. The number of hydroxylamine groups is 3. The highest BCUT2D eigenvalue weighted by Gasteiger charge is 2.35. The molecule has 0 aromatic rings. The third-order valence-corrected chi connectivity index (χ3v) is 2.21. The van der Waals surface area contributed by atoms with E-state index in [4.69, 9.17) is 4.84 Å². The van der Waals surface area contributed by atoms with Gasteiger partial charge in [-0.05, 0) is 20.8 Å². The van der Waals surface area contributed by atoms with E-state index in [-0.39, 0.29) is 10.2 Å². The van der Waals surface area contributed by atoms with Crippen molar-refractivity contribution in [2.75, 3.05) is 26.2 Å². The van der Waals surface area contributed by atoms with Crippen molar-refractivity contribution in [2.24, 2.45) is 0 Å². The zero-order valence-electron chi connectivity index (χ0n) is 9.38. The lowest BCUT2D eigenvalue weighted by molar-refractivity contribution is -1.05. The van der Waals surface area contributed by atoms with Gasteiger partial charge in [0.2, 0.25) is 0 Å². The minimum atomic E-state index is -0.273. The van der Waals surface area contributed by atoms with Gasteiger partial charge in [-0.15, -0.1) is 4.65 Å². The molecule has 0 radical (unpaired) electrons. The first kappa shape index (κ1) is 11.6. The summed E-state index contributed by atoms with van der Waals surface area (Å²) in [5, 5.41) is 3.27. The van der Waals surface area contributed by atoms with Gasteiger partial charge < -0.3 is 5.32 Å². The van der Waals surface area contributed by atoms with Crippen LogP contribution in [0.2, 0.25) is 0 Å². The molecule has 0 saturated carbocycles. The third-order valence-electron chi connectivity index (χ3n) is 2.21. The van der Waals surface area contributed by atoms with Gasteiger partial charge in [0.1, 0.15) is 18.7 Å². The highest BCUT2D eigenvalue weighted by Crippen LogP contribution is 2.18. The third kappa shape index (κ3) is 3.36. The summed E-state index contributed by atoms with van der Waals surface area (Å²) >= 11 is 0. The Labute approximate surface area is 85.8 Å². The molecule has 0 spiro atoms. The number of hydrogen-bond donors (Lipinski definition) is 1. The molecule has 0 bridgehead atoms. The molecule has 4 nitrogen and oxygen atoms in total. The van der Waals surface area contributed by atoms with E-state index < -0.39 is 0 Å². The molecule has 0 aromatic heterocycles. The maximum Gasteiger partial charge on any atom is 0.333 e. The molecule has 1 saturated heterocycles. The number of rotatable bonds is 2. The molecule has 1 rings (SSSR count). The van der Waals surface area contributed by atoms with Crippen LogP contribution in [-0.4, -0.2) is 42.8 Å². The number of quaternary nitrogens is 1. The first-order chi connectivity index (χ1) is 6.47. The Morgan fingerprint density at radius 3 is 2.57 bits per heavy atom. The van der Waals surface area contributed by atoms with Gasteiger partial charge in [-0.1, -0.05) is 0 Å². The van der Waals surface area contributed by atoms with Crippen molar-refractivity contribution >= 4 is 6.41 Å². The van der Waals surface area contributed by atoms with E-state index in [1.165, 1.54) is 0 Å². The molecule has 14 heavy (non-hydrogen) atoms. The standard InChI is InChI=1S/C10H21N2O2/c1-10(2,3)14-12(9-13)7-4-5-11-6-8-12/h9,11H,4-8H2,1-3H3/q+1. The van der Waals surface area contributed by atoms with Crippen LogP contribution in [-0.2, 0) is 9.63 Å². The zero-order valence-corrected chi connectivity index (χ0v) is 9.38. The summed E-state index contributed by atoms with van der Waals surface area (Å²) in [4.78, 5) is 17.0. The largest absolute Gasteiger partial charge is 0.333 e. The van der Waals surface area contributed by atoms with E-state index in [1.54, 1.807) is 0 Å². The maximum absolute atomic E-state index is 11.1. The van der Waals surface area contributed by atoms with Crippen LogP contribution in [0.3, 0.4) is 0 Å². The SMILES string of the molecule is CC(C)(C)O[N+]1(C=O)CCCNCC1. The highest BCUT2D eigenvalue weighted by atomic mass is 16.7. The van der Waals surface area contributed by atoms with Gasteiger partial charge in [-0.25, -0.2) is 4.79 Å². The predicted molar refractivity (Wildman–Crippen MR) is 54.4 cm³/mol. The Morgan fingerprint density at radius 1 is 1.29 bits per heavy atom. The summed E-state index contributed by atoms with van der Waals surface area (Å²) in [6.45, 7) is 9.25. The lowest BCUT2D eigenvalue weighted by Gasteiger charge is -2.33. The van der Waals surface area contributed by atoms with Crippen LogP contribution in [0.25, 0.3) is 0 Å². The second-order valence-corrected chi connectivity index (χ2v) is 4.81. The van der Waals surface area contributed by atoms with Gasteiger partial charge in [0, 0.05) is 19.5 Å². The van der Waals surface area contributed by atoms with Crippen LogP contribution >= 0.6 is 0 Å². The molecule has 1 aliphatic rings. The van der Waals surface area contributed by atoms with Gasteiger partial charge in [0.25, 0.3) is 0 Å². The van der Waals surface area contributed by atoms with Crippen LogP contribution in [0.1, 0.15) is 27.2 Å². The fourth-order valence-electron chi connectivity index (χ4n) is 1.74. The topological polar surface area (TPSA) is 38.3 Å².